The summed E-state index contributed by atoms with van der Waals surface area (Å²) in [6.07, 6.45) is -4.35. The van der Waals surface area contributed by atoms with Crippen molar-refractivity contribution in [3.63, 3.8) is 0 Å². The highest BCUT2D eigenvalue weighted by molar-refractivity contribution is 7.89. The summed E-state index contributed by atoms with van der Waals surface area (Å²) in [6.45, 7) is -0.177. The summed E-state index contributed by atoms with van der Waals surface area (Å²) >= 11 is 5.70. The lowest BCUT2D eigenvalue weighted by molar-refractivity contribution is -0.136. The molecular formula is C11H14ClF3N2O2S. The SMILES string of the molecule is CCCN(CC(F)(F)F)S(=O)(=O)c1ccc(N)c(Cl)c1. The van der Waals surface area contributed by atoms with Gasteiger partial charge in [-0.05, 0) is 24.6 Å². The van der Waals surface area contributed by atoms with E-state index in [0.29, 0.717) is 4.31 Å². The molecule has 0 saturated heterocycles. The van der Waals surface area contributed by atoms with Crippen molar-refractivity contribution in [3.05, 3.63) is 23.2 Å². The molecule has 0 unspecified atom stereocenters. The van der Waals surface area contributed by atoms with Gasteiger partial charge in [-0.15, -0.1) is 0 Å². The normalized spacial score (nSPS) is 12.9. The lowest BCUT2D eigenvalue weighted by Crippen LogP contribution is -2.39. The Morgan fingerprint density at radius 3 is 2.40 bits per heavy atom. The Hall–Kier alpha value is -0.990. The van der Waals surface area contributed by atoms with E-state index in [1.807, 2.05) is 0 Å². The van der Waals surface area contributed by atoms with E-state index in [1.54, 1.807) is 6.92 Å². The van der Waals surface area contributed by atoms with E-state index in [4.69, 9.17) is 17.3 Å². The minimum Gasteiger partial charge on any atom is -0.398 e. The van der Waals surface area contributed by atoms with Crippen LogP contribution < -0.4 is 5.73 Å². The molecule has 4 nitrogen and oxygen atoms in total. The van der Waals surface area contributed by atoms with Crippen molar-refractivity contribution in [1.82, 2.24) is 4.31 Å². The lowest BCUT2D eigenvalue weighted by Gasteiger charge is -2.23. The molecule has 0 aliphatic rings. The molecule has 0 aliphatic heterocycles. The number of halogens is 4. The Balaban J connectivity index is 3.18. The van der Waals surface area contributed by atoms with Gasteiger partial charge in [-0.2, -0.15) is 17.5 Å². The van der Waals surface area contributed by atoms with Crippen molar-refractivity contribution in [2.75, 3.05) is 18.8 Å². The molecule has 0 fully saturated rings. The summed E-state index contributed by atoms with van der Waals surface area (Å²) in [6, 6.07) is 3.42. The molecule has 20 heavy (non-hydrogen) atoms. The first-order chi connectivity index (χ1) is 9.08. The minimum atomic E-state index is -4.61. The van der Waals surface area contributed by atoms with Crippen LogP contribution in [-0.2, 0) is 10.0 Å². The van der Waals surface area contributed by atoms with Gasteiger partial charge in [0, 0.05) is 6.54 Å². The summed E-state index contributed by atoms with van der Waals surface area (Å²) in [5.41, 5.74) is 5.60. The second kappa shape index (κ2) is 6.19. The Morgan fingerprint density at radius 1 is 1.35 bits per heavy atom. The number of nitrogens with zero attached hydrogens (tertiary/aromatic N) is 1. The van der Waals surface area contributed by atoms with Crippen molar-refractivity contribution in [1.29, 1.82) is 0 Å². The molecule has 0 radical (unpaired) electrons. The molecule has 2 N–H and O–H groups in total. The minimum absolute atomic E-state index is 0.0190. The fourth-order valence-corrected chi connectivity index (χ4v) is 3.34. The second-order valence-corrected chi connectivity index (χ2v) is 6.48. The van der Waals surface area contributed by atoms with Gasteiger partial charge in [0.1, 0.15) is 6.54 Å². The third-order valence-electron chi connectivity index (χ3n) is 2.44. The highest BCUT2D eigenvalue weighted by atomic mass is 35.5. The number of nitrogens with two attached hydrogens (primary N) is 1. The molecule has 0 atom stereocenters. The first-order valence-electron chi connectivity index (χ1n) is 5.70. The summed E-state index contributed by atoms with van der Waals surface area (Å²) in [5, 5.41) is -0.0190. The predicted molar refractivity (Wildman–Crippen MR) is 71.0 cm³/mol. The van der Waals surface area contributed by atoms with Crippen molar-refractivity contribution in [2.24, 2.45) is 0 Å². The van der Waals surface area contributed by atoms with E-state index < -0.39 is 22.7 Å². The van der Waals surface area contributed by atoms with Crippen LogP contribution in [0.15, 0.2) is 23.1 Å². The van der Waals surface area contributed by atoms with Gasteiger partial charge in [0.25, 0.3) is 0 Å². The molecule has 114 valence electrons. The Morgan fingerprint density at radius 2 is 1.95 bits per heavy atom. The average Bonchev–Trinajstić information content (AvgIpc) is 2.30. The van der Waals surface area contributed by atoms with Crippen LogP contribution in [0.5, 0.6) is 0 Å². The van der Waals surface area contributed by atoms with Crippen LogP contribution in [0.25, 0.3) is 0 Å². The number of benzene rings is 1. The van der Waals surface area contributed by atoms with Crippen LogP contribution >= 0.6 is 11.6 Å². The maximum absolute atomic E-state index is 12.5. The monoisotopic (exact) mass is 330 g/mol. The quantitative estimate of drug-likeness (QED) is 0.844. The van der Waals surface area contributed by atoms with Crippen molar-refractivity contribution in [2.45, 2.75) is 24.4 Å². The third-order valence-corrected chi connectivity index (χ3v) is 4.61. The Labute approximate surface area is 120 Å². The Kier molecular flexibility index (Phi) is 5.28. The second-order valence-electron chi connectivity index (χ2n) is 4.14. The van der Waals surface area contributed by atoms with E-state index in [9.17, 15) is 21.6 Å². The summed E-state index contributed by atoms with van der Waals surface area (Å²) in [4.78, 5) is -0.311. The van der Waals surface area contributed by atoms with E-state index in [1.165, 1.54) is 6.07 Å². The summed E-state index contributed by atoms with van der Waals surface area (Å²) in [5.74, 6) is 0. The van der Waals surface area contributed by atoms with Gasteiger partial charge in [0.2, 0.25) is 10.0 Å². The van der Waals surface area contributed by atoms with Gasteiger partial charge in [-0.1, -0.05) is 18.5 Å². The first-order valence-corrected chi connectivity index (χ1v) is 7.51. The lowest BCUT2D eigenvalue weighted by atomic mass is 10.3. The zero-order valence-corrected chi connectivity index (χ0v) is 12.2. The standard InChI is InChI=1S/C11H14ClF3N2O2S/c1-2-5-17(7-11(13,14)15)20(18,19)8-3-4-10(16)9(12)6-8/h3-4,6H,2,5,7,16H2,1H3. The van der Waals surface area contributed by atoms with Crippen LogP contribution in [-0.4, -0.2) is 32.0 Å². The maximum atomic E-state index is 12.5. The van der Waals surface area contributed by atoms with Crippen LogP contribution in [0.3, 0.4) is 0 Å². The molecular weight excluding hydrogens is 317 g/mol. The van der Waals surface area contributed by atoms with Crippen LogP contribution in [0, 0.1) is 0 Å². The Bertz CT molecular complexity index is 576. The van der Waals surface area contributed by atoms with Crippen LogP contribution in [0.4, 0.5) is 18.9 Å². The smallest absolute Gasteiger partial charge is 0.398 e. The van der Waals surface area contributed by atoms with Gasteiger partial charge < -0.3 is 5.73 Å². The zero-order valence-electron chi connectivity index (χ0n) is 10.6. The zero-order chi connectivity index (χ0) is 15.6. The third kappa shape index (κ3) is 4.26. The summed E-state index contributed by atoms with van der Waals surface area (Å²) in [7, 11) is -4.26. The van der Waals surface area contributed by atoms with Gasteiger partial charge in [0.15, 0.2) is 0 Å². The van der Waals surface area contributed by atoms with Crippen LogP contribution in [0.1, 0.15) is 13.3 Å². The van der Waals surface area contributed by atoms with Gasteiger partial charge >= 0.3 is 6.18 Å². The fourth-order valence-electron chi connectivity index (χ4n) is 1.55. The molecule has 0 spiro atoms. The first kappa shape index (κ1) is 17.1. The fraction of sp³-hybridized carbons (Fsp3) is 0.455. The van der Waals surface area contributed by atoms with Crippen molar-refractivity contribution >= 4 is 27.3 Å². The number of hydrogen-bond acceptors (Lipinski definition) is 3. The van der Waals surface area contributed by atoms with Crippen molar-refractivity contribution in [3.8, 4) is 0 Å². The molecule has 0 saturated carbocycles. The molecule has 1 aromatic rings. The molecule has 9 heteroatoms. The number of hydrogen-bond donors (Lipinski definition) is 1. The van der Waals surface area contributed by atoms with E-state index in [0.717, 1.165) is 12.1 Å². The summed E-state index contributed by atoms with van der Waals surface area (Å²) < 4.78 is 62.2. The molecule has 0 aliphatic carbocycles. The highest BCUT2D eigenvalue weighted by Crippen LogP contribution is 2.27. The number of anilines is 1. The molecule has 0 bridgehead atoms. The number of nitrogen functional groups attached to an aromatic ring is 1. The van der Waals surface area contributed by atoms with E-state index in [-0.39, 0.29) is 28.6 Å². The van der Waals surface area contributed by atoms with E-state index in [2.05, 4.69) is 0 Å². The maximum Gasteiger partial charge on any atom is 0.402 e. The molecule has 0 amide bonds. The average molecular weight is 331 g/mol. The molecule has 0 heterocycles. The molecule has 1 aromatic carbocycles. The molecule has 1 rings (SSSR count). The largest absolute Gasteiger partial charge is 0.402 e. The van der Waals surface area contributed by atoms with Gasteiger partial charge in [0.05, 0.1) is 15.6 Å². The van der Waals surface area contributed by atoms with Gasteiger partial charge in [-0.3, -0.25) is 0 Å². The predicted octanol–water partition coefficient (Wildman–Crippen LogP) is 2.89. The van der Waals surface area contributed by atoms with Gasteiger partial charge in [-0.25, -0.2) is 8.42 Å². The van der Waals surface area contributed by atoms with Crippen molar-refractivity contribution < 1.29 is 21.6 Å². The number of rotatable bonds is 5. The molecule has 0 aromatic heterocycles. The number of sulfonamides is 1. The van der Waals surface area contributed by atoms with Crippen LogP contribution in [0.2, 0.25) is 5.02 Å². The topological polar surface area (TPSA) is 63.4 Å². The highest BCUT2D eigenvalue weighted by Gasteiger charge is 2.36. The number of alkyl halides is 3. The van der Waals surface area contributed by atoms with E-state index >= 15 is 0 Å².